The number of aromatic nitrogens is 4. The molecule has 0 fully saturated rings. The molecule has 0 unspecified atom stereocenters. The lowest BCUT2D eigenvalue weighted by molar-refractivity contribution is 0.303. The fraction of sp³-hybridized carbons (Fsp3) is 0.889. The zero-order valence-corrected chi connectivity index (χ0v) is 9.56. The molecule has 0 saturated heterocycles. The molecular weight excluding hydrogens is 192 g/mol. The number of hydrogen-bond donors (Lipinski definition) is 1. The van der Waals surface area contributed by atoms with Crippen molar-refractivity contribution < 1.29 is 0 Å². The molecule has 0 atom stereocenters. The van der Waals surface area contributed by atoms with Crippen LogP contribution in [0.25, 0.3) is 0 Å². The molecule has 0 aliphatic carbocycles. The molecule has 0 spiro atoms. The molecule has 6 heteroatoms. The van der Waals surface area contributed by atoms with Gasteiger partial charge in [0.05, 0.1) is 6.54 Å². The zero-order chi connectivity index (χ0) is 11.1. The van der Waals surface area contributed by atoms with Crippen molar-refractivity contribution in [3.05, 3.63) is 5.82 Å². The van der Waals surface area contributed by atoms with Crippen molar-refractivity contribution in [1.29, 1.82) is 0 Å². The predicted molar refractivity (Wildman–Crippen MR) is 58.4 cm³/mol. The SMILES string of the molecule is CCN(CC)CCc1nnnn1CCN. The molecule has 15 heavy (non-hydrogen) atoms. The molecule has 2 N–H and O–H groups in total. The fourth-order valence-electron chi connectivity index (χ4n) is 1.50. The van der Waals surface area contributed by atoms with Crippen LogP contribution in [0.4, 0.5) is 0 Å². The molecule has 0 bridgehead atoms. The van der Waals surface area contributed by atoms with Crippen LogP contribution in [0.2, 0.25) is 0 Å². The Balaban J connectivity index is 2.45. The van der Waals surface area contributed by atoms with Crippen molar-refractivity contribution in [2.24, 2.45) is 5.73 Å². The predicted octanol–water partition coefficient (Wildman–Crippen LogP) is -0.484. The number of nitrogens with zero attached hydrogens (tertiary/aromatic N) is 5. The summed E-state index contributed by atoms with van der Waals surface area (Å²) in [6.45, 7) is 8.71. The first-order chi connectivity index (χ1) is 7.31. The van der Waals surface area contributed by atoms with E-state index in [4.69, 9.17) is 5.73 Å². The van der Waals surface area contributed by atoms with E-state index in [1.807, 2.05) is 0 Å². The van der Waals surface area contributed by atoms with Crippen molar-refractivity contribution in [2.75, 3.05) is 26.2 Å². The van der Waals surface area contributed by atoms with Crippen LogP contribution < -0.4 is 5.73 Å². The Hall–Kier alpha value is -1.01. The molecule has 0 aromatic carbocycles. The van der Waals surface area contributed by atoms with Gasteiger partial charge in [-0.2, -0.15) is 0 Å². The Morgan fingerprint density at radius 3 is 2.67 bits per heavy atom. The van der Waals surface area contributed by atoms with Gasteiger partial charge in [0.25, 0.3) is 0 Å². The van der Waals surface area contributed by atoms with Crippen LogP contribution >= 0.6 is 0 Å². The van der Waals surface area contributed by atoms with Crippen LogP contribution in [-0.4, -0.2) is 51.3 Å². The van der Waals surface area contributed by atoms with Crippen LogP contribution in [0.15, 0.2) is 0 Å². The van der Waals surface area contributed by atoms with Gasteiger partial charge in [-0.25, -0.2) is 4.68 Å². The van der Waals surface area contributed by atoms with E-state index >= 15 is 0 Å². The van der Waals surface area contributed by atoms with Crippen LogP contribution in [0.1, 0.15) is 19.7 Å². The van der Waals surface area contributed by atoms with Gasteiger partial charge >= 0.3 is 0 Å². The Morgan fingerprint density at radius 1 is 1.33 bits per heavy atom. The molecule has 6 nitrogen and oxygen atoms in total. The molecule has 1 aromatic heterocycles. The van der Waals surface area contributed by atoms with Crippen LogP contribution in [-0.2, 0) is 13.0 Å². The van der Waals surface area contributed by atoms with Gasteiger partial charge in [0, 0.05) is 19.5 Å². The second-order valence-electron chi connectivity index (χ2n) is 3.38. The van der Waals surface area contributed by atoms with Gasteiger partial charge in [0.1, 0.15) is 0 Å². The quantitative estimate of drug-likeness (QED) is 0.660. The third-order valence-electron chi connectivity index (χ3n) is 2.49. The Labute approximate surface area is 90.4 Å². The summed E-state index contributed by atoms with van der Waals surface area (Å²) in [5, 5.41) is 11.5. The highest BCUT2D eigenvalue weighted by Gasteiger charge is 2.06. The minimum atomic E-state index is 0.573. The van der Waals surface area contributed by atoms with E-state index in [0.717, 1.165) is 31.9 Å². The largest absolute Gasteiger partial charge is 0.329 e. The number of hydrogen-bond acceptors (Lipinski definition) is 5. The summed E-state index contributed by atoms with van der Waals surface area (Å²) in [6, 6.07) is 0. The fourth-order valence-corrected chi connectivity index (χ4v) is 1.50. The number of likely N-dealkylation sites (N-methyl/N-ethyl adjacent to an activating group) is 1. The molecule has 1 heterocycles. The van der Waals surface area contributed by atoms with Gasteiger partial charge in [-0.05, 0) is 23.5 Å². The third kappa shape index (κ3) is 3.56. The highest BCUT2D eigenvalue weighted by molar-refractivity contribution is 4.82. The van der Waals surface area contributed by atoms with Crippen molar-refractivity contribution in [2.45, 2.75) is 26.8 Å². The highest BCUT2D eigenvalue weighted by Crippen LogP contribution is 1.96. The van der Waals surface area contributed by atoms with E-state index in [1.54, 1.807) is 4.68 Å². The van der Waals surface area contributed by atoms with Crippen LogP contribution in [0, 0.1) is 0 Å². The maximum atomic E-state index is 5.47. The van der Waals surface area contributed by atoms with Crippen LogP contribution in [0.5, 0.6) is 0 Å². The zero-order valence-electron chi connectivity index (χ0n) is 9.56. The van der Waals surface area contributed by atoms with Crippen molar-refractivity contribution in [1.82, 2.24) is 25.1 Å². The van der Waals surface area contributed by atoms with E-state index < -0.39 is 0 Å². The summed E-state index contributed by atoms with van der Waals surface area (Å²) in [5.74, 6) is 0.923. The van der Waals surface area contributed by atoms with Crippen molar-refractivity contribution in [3.8, 4) is 0 Å². The summed E-state index contributed by atoms with van der Waals surface area (Å²) in [5.41, 5.74) is 5.47. The van der Waals surface area contributed by atoms with E-state index in [0.29, 0.717) is 13.1 Å². The Kier molecular flexibility index (Phi) is 5.20. The average Bonchev–Trinajstić information content (AvgIpc) is 2.68. The molecule has 86 valence electrons. The lowest BCUT2D eigenvalue weighted by Gasteiger charge is -2.17. The van der Waals surface area contributed by atoms with Gasteiger partial charge in [-0.1, -0.05) is 13.8 Å². The first kappa shape index (κ1) is 12.1. The van der Waals surface area contributed by atoms with Crippen molar-refractivity contribution >= 4 is 0 Å². The molecule has 0 saturated carbocycles. The lowest BCUT2D eigenvalue weighted by atomic mass is 10.3. The molecular formula is C9H20N6. The second kappa shape index (κ2) is 6.47. The normalized spacial score (nSPS) is 11.2. The van der Waals surface area contributed by atoms with Crippen LogP contribution in [0.3, 0.4) is 0 Å². The minimum Gasteiger partial charge on any atom is -0.329 e. The standard InChI is InChI=1S/C9H20N6/c1-3-14(4-2)7-5-9-11-12-13-15(9)8-6-10/h3-8,10H2,1-2H3. The molecule has 0 amide bonds. The van der Waals surface area contributed by atoms with Gasteiger partial charge in [0.15, 0.2) is 5.82 Å². The monoisotopic (exact) mass is 212 g/mol. The molecule has 0 radical (unpaired) electrons. The molecule has 0 aliphatic rings. The van der Waals surface area contributed by atoms with E-state index in [2.05, 4.69) is 34.3 Å². The summed E-state index contributed by atoms with van der Waals surface area (Å²) in [4.78, 5) is 2.35. The highest BCUT2D eigenvalue weighted by atomic mass is 15.5. The Bertz CT molecular complexity index is 267. The first-order valence-corrected chi connectivity index (χ1v) is 5.49. The molecule has 1 rings (SSSR count). The minimum absolute atomic E-state index is 0.573. The maximum Gasteiger partial charge on any atom is 0.152 e. The lowest BCUT2D eigenvalue weighted by Crippen LogP contribution is -2.26. The first-order valence-electron chi connectivity index (χ1n) is 5.49. The smallest absolute Gasteiger partial charge is 0.152 e. The van der Waals surface area contributed by atoms with Gasteiger partial charge in [-0.3, -0.25) is 0 Å². The van der Waals surface area contributed by atoms with Gasteiger partial charge < -0.3 is 10.6 Å². The van der Waals surface area contributed by atoms with Gasteiger partial charge in [0.2, 0.25) is 0 Å². The van der Waals surface area contributed by atoms with E-state index in [-0.39, 0.29) is 0 Å². The summed E-state index contributed by atoms with van der Waals surface area (Å²) in [7, 11) is 0. The number of tetrazole rings is 1. The summed E-state index contributed by atoms with van der Waals surface area (Å²) >= 11 is 0. The second-order valence-corrected chi connectivity index (χ2v) is 3.38. The Morgan fingerprint density at radius 2 is 2.07 bits per heavy atom. The topological polar surface area (TPSA) is 72.9 Å². The summed E-state index contributed by atoms with van der Waals surface area (Å²) in [6.07, 6.45) is 0.884. The van der Waals surface area contributed by atoms with Crippen molar-refractivity contribution in [3.63, 3.8) is 0 Å². The number of rotatable bonds is 7. The summed E-state index contributed by atoms with van der Waals surface area (Å²) < 4.78 is 1.78. The van der Waals surface area contributed by atoms with Gasteiger partial charge in [-0.15, -0.1) is 5.10 Å². The van der Waals surface area contributed by atoms with E-state index in [1.165, 1.54) is 0 Å². The molecule has 0 aliphatic heterocycles. The third-order valence-corrected chi connectivity index (χ3v) is 2.49. The maximum absolute atomic E-state index is 5.47. The number of nitrogens with two attached hydrogens (primary N) is 1. The molecule has 1 aromatic rings. The van der Waals surface area contributed by atoms with E-state index in [9.17, 15) is 0 Å². The average molecular weight is 212 g/mol.